The van der Waals surface area contributed by atoms with Crippen LogP contribution in [0.4, 0.5) is 11.9 Å². The summed E-state index contributed by atoms with van der Waals surface area (Å²) in [5, 5.41) is 24.5. The Balaban J connectivity index is 2.76. The van der Waals surface area contributed by atoms with Crippen LogP contribution in [0.25, 0.3) is 0 Å². The molecule has 0 amide bonds. The van der Waals surface area contributed by atoms with Crippen molar-refractivity contribution in [2.24, 2.45) is 0 Å². The first-order chi connectivity index (χ1) is 9.00. The highest BCUT2D eigenvalue weighted by Gasteiger charge is 2.19. The molecule has 0 aliphatic carbocycles. The molecule has 8 nitrogen and oxygen atoms in total. The van der Waals surface area contributed by atoms with E-state index in [-0.39, 0.29) is 25.1 Å². The van der Waals surface area contributed by atoms with Gasteiger partial charge in [0.1, 0.15) is 5.60 Å². The number of anilines is 2. The van der Waals surface area contributed by atoms with Crippen molar-refractivity contribution in [1.82, 2.24) is 15.0 Å². The Morgan fingerprint density at radius 2 is 1.84 bits per heavy atom. The van der Waals surface area contributed by atoms with E-state index in [2.05, 4.69) is 25.6 Å². The summed E-state index contributed by atoms with van der Waals surface area (Å²) in [6, 6.07) is 0.180. The average Bonchev–Trinajstić information content (AvgIpc) is 2.42. The second-order valence-electron chi connectivity index (χ2n) is 4.40. The highest BCUT2D eigenvalue weighted by molar-refractivity contribution is 5.36. The first kappa shape index (κ1) is 15.4. The lowest BCUT2D eigenvalue weighted by atomic mass is 10.1. The largest absolute Gasteiger partial charge is 0.467 e. The lowest BCUT2D eigenvalue weighted by Gasteiger charge is -2.20. The highest BCUT2D eigenvalue weighted by atomic mass is 16.5. The molecular weight excluding hydrogens is 250 g/mol. The summed E-state index contributed by atoms with van der Waals surface area (Å²) in [6.07, 6.45) is 0.940. The highest BCUT2D eigenvalue weighted by Crippen LogP contribution is 2.12. The van der Waals surface area contributed by atoms with Crippen LogP contribution in [-0.2, 0) is 0 Å². The van der Waals surface area contributed by atoms with E-state index in [1.165, 1.54) is 14.0 Å². The van der Waals surface area contributed by atoms with Crippen LogP contribution in [0.1, 0.15) is 20.3 Å². The Morgan fingerprint density at radius 1 is 1.21 bits per heavy atom. The van der Waals surface area contributed by atoms with Crippen molar-refractivity contribution < 1.29 is 14.9 Å². The van der Waals surface area contributed by atoms with Crippen LogP contribution < -0.4 is 15.4 Å². The van der Waals surface area contributed by atoms with Crippen LogP contribution in [0, 0.1) is 0 Å². The van der Waals surface area contributed by atoms with Gasteiger partial charge in [0.25, 0.3) is 0 Å². The molecule has 19 heavy (non-hydrogen) atoms. The van der Waals surface area contributed by atoms with E-state index in [0.717, 1.165) is 13.0 Å². The summed E-state index contributed by atoms with van der Waals surface area (Å²) < 4.78 is 4.98. The van der Waals surface area contributed by atoms with Gasteiger partial charge in [-0.2, -0.15) is 15.0 Å². The first-order valence-corrected chi connectivity index (χ1v) is 6.12. The lowest BCUT2D eigenvalue weighted by molar-refractivity contribution is 0.0131. The molecule has 0 aromatic carbocycles. The molecule has 1 unspecified atom stereocenters. The minimum absolute atomic E-state index is 0.115. The van der Waals surface area contributed by atoms with Crippen molar-refractivity contribution in [3.05, 3.63) is 0 Å². The topological polar surface area (TPSA) is 112 Å². The molecular formula is C11H21N5O3. The van der Waals surface area contributed by atoms with E-state index < -0.39 is 5.60 Å². The predicted octanol–water partition coefficient (Wildman–Crippen LogP) is -0.143. The van der Waals surface area contributed by atoms with Gasteiger partial charge in [-0.05, 0) is 13.3 Å². The van der Waals surface area contributed by atoms with Gasteiger partial charge in [0.15, 0.2) is 0 Å². The van der Waals surface area contributed by atoms with Crippen LogP contribution in [-0.4, -0.2) is 57.6 Å². The number of nitrogens with zero attached hydrogens (tertiary/aromatic N) is 3. The maximum absolute atomic E-state index is 9.69. The maximum Gasteiger partial charge on any atom is 0.322 e. The zero-order valence-corrected chi connectivity index (χ0v) is 11.5. The van der Waals surface area contributed by atoms with Crippen molar-refractivity contribution in [3.8, 4) is 6.01 Å². The molecule has 108 valence electrons. The van der Waals surface area contributed by atoms with Gasteiger partial charge in [-0.3, -0.25) is 0 Å². The number of nitrogens with one attached hydrogen (secondary N) is 2. The molecule has 0 aliphatic rings. The average molecular weight is 271 g/mol. The second kappa shape index (κ2) is 7.05. The third-order valence-electron chi connectivity index (χ3n) is 2.30. The van der Waals surface area contributed by atoms with E-state index in [1.54, 1.807) is 0 Å². The summed E-state index contributed by atoms with van der Waals surface area (Å²) in [4.78, 5) is 12.2. The number of aliphatic hydroxyl groups is 2. The summed E-state index contributed by atoms with van der Waals surface area (Å²) >= 11 is 0. The van der Waals surface area contributed by atoms with Crippen molar-refractivity contribution in [3.63, 3.8) is 0 Å². The SMILES string of the molecule is CCCNc1nc(NCC(C)(O)CO)nc(OC)n1. The molecule has 0 spiro atoms. The summed E-state index contributed by atoms with van der Waals surface area (Å²) in [6.45, 7) is 4.03. The van der Waals surface area contributed by atoms with Crippen molar-refractivity contribution >= 4 is 11.9 Å². The summed E-state index contributed by atoms with van der Waals surface area (Å²) in [7, 11) is 1.46. The van der Waals surface area contributed by atoms with Gasteiger partial charge >= 0.3 is 6.01 Å². The van der Waals surface area contributed by atoms with E-state index >= 15 is 0 Å². The molecule has 0 radical (unpaired) electrons. The summed E-state index contributed by atoms with van der Waals surface area (Å²) in [5.41, 5.74) is -1.24. The van der Waals surface area contributed by atoms with Gasteiger partial charge in [0.05, 0.1) is 13.7 Å². The van der Waals surface area contributed by atoms with Crippen LogP contribution in [0.3, 0.4) is 0 Å². The van der Waals surface area contributed by atoms with Crippen LogP contribution in [0.2, 0.25) is 0 Å². The molecule has 1 aromatic heterocycles. The van der Waals surface area contributed by atoms with Crippen LogP contribution >= 0.6 is 0 Å². The van der Waals surface area contributed by atoms with Crippen molar-refractivity contribution in [2.45, 2.75) is 25.9 Å². The quantitative estimate of drug-likeness (QED) is 0.517. The molecule has 0 bridgehead atoms. The number of hydrogen-bond donors (Lipinski definition) is 4. The normalized spacial score (nSPS) is 13.7. The number of aliphatic hydroxyl groups excluding tert-OH is 1. The Hall–Kier alpha value is -1.67. The molecule has 0 aliphatic heterocycles. The number of methoxy groups -OCH3 is 1. The molecule has 0 fully saturated rings. The fraction of sp³-hybridized carbons (Fsp3) is 0.727. The maximum atomic E-state index is 9.69. The fourth-order valence-electron chi connectivity index (χ4n) is 1.17. The molecule has 0 saturated heterocycles. The van der Waals surface area contributed by atoms with E-state index in [1.807, 2.05) is 6.92 Å². The van der Waals surface area contributed by atoms with Crippen LogP contribution in [0.5, 0.6) is 6.01 Å². The Bertz CT molecular complexity index is 400. The van der Waals surface area contributed by atoms with Crippen molar-refractivity contribution in [1.29, 1.82) is 0 Å². The number of rotatable bonds is 8. The molecule has 4 N–H and O–H groups in total. The van der Waals surface area contributed by atoms with Gasteiger partial charge in [-0.25, -0.2) is 0 Å². The minimum Gasteiger partial charge on any atom is -0.467 e. The monoisotopic (exact) mass is 271 g/mol. The fourth-order valence-corrected chi connectivity index (χ4v) is 1.17. The summed E-state index contributed by atoms with van der Waals surface area (Å²) in [5.74, 6) is 0.680. The third kappa shape index (κ3) is 5.23. The first-order valence-electron chi connectivity index (χ1n) is 6.12. The Morgan fingerprint density at radius 3 is 2.37 bits per heavy atom. The standard InChI is InChI=1S/C11H21N5O3/c1-4-5-12-8-14-9(16-10(15-8)19-3)13-6-11(2,18)7-17/h17-18H,4-7H2,1-3H3,(H2,12,13,14,15,16). The van der Waals surface area contributed by atoms with E-state index in [0.29, 0.717) is 5.95 Å². The Kier molecular flexibility index (Phi) is 5.71. The number of aromatic nitrogens is 3. The van der Waals surface area contributed by atoms with Gasteiger partial charge in [0, 0.05) is 13.1 Å². The molecule has 8 heteroatoms. The van der Waals surface area contributed by atoms with Gasteiger partial charge in [0.2, 0.25) is 11.9 Å². The third-order valence-corrected chi connectivity index (χ3v) is 2.30. The molecule has 1 rings (SSSR count). The van der Waals surface area contributed by atoms with E-state index in [4.69, 9.17) is 9.84 Å². The molecule has 1 aromatic rings. The van der Waals surface area contributed by atoms with Gasteiger partial charge in [-0.15, -0.1) is 0 Å². The van der Waals surface area contributed by atoms with Crippen LogP contribution in [0.15, 0.2) is 0 Å². The molecule has 1 atom stereocenters. The molecule has 0 saturated carbocycles. The van der Waals surface area contributed by atoms with Crippen molar-refractivity contribution in [2.75, 3.05) is 37.4 Å². The minimum atomic E-state index is -1.24. The predicted molar refractivity (Wildman–Crippen MR) is 71.4 cm³/mol. The molecule has 1 heterocycles. The number of hydrogen-bond acceptors (Lipinski definition) is 8. The van der Waals surface area contributed by atoms with Gasteiger partial charge in [-0.1, -0.05) is 6.92 Å². The lowest BCUT2D eigenvalue weighted by Crippen LogP contribution is -2.37. The second-order valence-corrected chi connectivity index (χ2v) is 4.40. The van der Waals surface area contributed by atoms with Gasteiger partial charge < -0.3 is 25.6 Å². The zero-order chi connectivity index (χ0) is 14.3. The number of ether oxygens (including phenoxy) is 1. The Labute approximate surface area is 112 Å². The smallest absolute Gasteiger partial charge is 0.322 e. The zero-order valence-electron chi connectivity index (χ0n) is 11.5. The van der Waals surface area contributed by atoms with E-state index in [9.17, 15) is 5.11 Å².